The van der Waals surface area contributed by atoms with E-state index in [4.69, 9.17) is 24.7 Å². The van der Waals surface area contributed by atoms with E-state index in [0.717, 1.165) is 63.7 Å². The Morgan fingerprint density at radius 2 is 1.45 bits per heavy atom. The quantitative estimate of drug-likeness (QED) is 0.0647. The number of nitrogens with zero attached hydrogens (tertiary/aromatic N) is 1. The number of ether oxygens (including phenoxy) is 3. The topological polar surface area (TPSA) is 151 Å². The van der Waals surface area contributed by atoms with Crippen LogP contribution in [0.4, 0.5) is 0 Å². The van der Waals surface area contributed by atoms with Gasteiger partial charge in [0.2, 0.25) is 18.2 Å². The Labute approximate surface area is 284 Å². The Morgan fingerprint density at radius 1 is 0.872 bits per heavy atom. The molecule has 1 fully saturated rings. The number of para-hydroxylation sites is 1. The van der Waals surface area contributed by atoms with Gasteiger partial charge in [-0.05, 0) is 83.8 Å². The summed E-state index contributed by atoms with van der Waals surface area (Å²) >= 11 is 0. The van der Waals surface area contributed by atoms with Crippen LogP contribution in [0.25, 0.3) is 0 Å². The van der Waals surface area contributed by atoms with Crippen molar-refractivity contribution in [1.29, 1.82) is 0 Å². The molecule has 3 amide bonds. The number of likely N-dealkylation sites (tertiary alicyclic amines) is 1. The lowest BCUT2D eigenvalue weighted by atomic mass is 10.1. The summed E-state index contributed by atoms with van der Waals surface area (Å²) in [7, 11) is 1.71. The van der Waals surface area contributed by atoms with Gasteiger partial charge in [-0.15, -0.1) is 13.2 Å². The van der Waals surface area contributed by atoms with Crippen LogP contribution in [0.3, 0.4) is 0 Å². The van der Waals surface area contributed by atoms with Crippen molar-refractivity contribution in [1.82, 2.24) is 4.90 Å². The molecule has 1 saturated heterocycles. The van der Waals surface area contributed by atoms with Crippen molar-refractivity contribution in [3.63, 3.8) is 0 Å². The number of unbranched alkanes of at least 4 members (excludes halogenated alkanes) is 8. The molecule has 0 aliphatic carbocycles. The van der Waals surface area contributed by atoms with Gasteiger partial charge in [0.15, 0.2) is 0 Å². The first-order chi connectivity index (χ1) is 22.7. The summed E-state index contributed by atoms with van der Waals surface area (Å²) in [6.07, 6.45) is 18.6. The second kappa shape index (κ2) is 33.7. The zero-order valence-corrected chi connectivity index (χ0v) is 29.4. The van der Waals surface area contributed by atoms with Gasteiger partial charge in [0.25, 0.3) is 0 Å². The summed E-state index contributed by atoms with van der Waals surface area (Å²) in [6, 6.07) is 9.34. The Hall–Kier alpha value is -3.66. The highest BCUT2D eigenvalue weighted by atomic mass is 16.5. The average molecular weight is 662 g/mol. The van der Waals surface area contributed by atoms with E-state index >= 15 is 0 Å². The summed E-state index contributed by atoms with van der Waals surface area (Å²) in [6.45, 7) is 12.8. The molecule has 2 rings (SSSR count). The number of amides is 3. The van der Waals surface area contributed by atoms with Crippen LogP contribution in [0.5, 0.6) is 5.75 Å². The van der Waals surface area contributed by atoms with Crippen molar-refractivity contribution >= 4 is 24.2 Å². The first kappa shape index (κ1) is 45.5. The van der Waals surface area contributed by atoms with Gasteiger partial charge < -0.3 is 30.6 Å². The number of rotatable bonds is 21. The highest BCUT2D eigenvalue weighted by Crippen LogP contribution is 2.26. The molecule has 2 atom stereocenters. The maximum absolute atomic E-state index is 12.5. The van der Waals surface area contributed by atoms with Crippen LogP contribution in [-0.4, -0.2) is 68.1 Å². The first-order valence-corrected chi connectivity index (χ1v) is 17.0. The third-order valence-corrected chi connectivity index (χ3v) is 7.15. The number of hydrogen-bond acceptors (Lipinski definition) is 7. The van der Waals surface area contributed by atoms with Crippen LogP contribution in [0.1, 0.15) is 110 Å². The third-order valence-electron chi connectivity index (χ3n) is 7.15. The van der Waals surface area contributed by atoms with Crippen LogP contribution in [0.15, 0.2) is 55.6 Å². The van der Waals surface area contributed by atoms with Crippen LogP contribution in [0.2, 0.25) is 0 Å². The number of nitrogens with two attached hydrogens (primary N) is 2. The number of benzene rings is 1. The van der Waals surface area contributed by atoms with Crippen molar-refractivity contribution in [2.75, 3.05) is 26.9 Å². The van der Waals surface area contributed by atoms with Gasteiger partial charge >= 0.3 is 5.97 Å². The first-order valence-electron chi connectivity index (χ1n) is 17.0. The molecule has 10 heteroatoms. The van der Waals surface area contributed by atoms with E-state index in [-0.39, 0.29) is 30.2 Å². The van der Waals surface area contributed by atoms with E-state index in [1.54, 1.807) is 18.9 Å². The number of hydrogen-bond donors (Lipinski definition) is 2. The van der Waals surface area contributed by atoms with Gasteiger partial charge in [0, 0.05) is 32.6 Å². The van der Waals surface area contributed by atoms with E-state index in [1.165, 1.54) is 25.7 Å². The number of esters is 1. The highest BCUT2D eigenvalue weighted by molar-refractivity contribution is 5.85. The van der Waals surface area contributed by atoms with Gasteiger partial charge in [-0.1, -0.05) is 56.0 Å². The number of carbonyl (C=O) groups is 4. The second-order valence-corrected chi connectivity index (χ2v) is 11.1. The van der Waals surface area contributed by atoms with Gasteiger partial charge in [-0.25, -0.2) is 4.79 Å². The number of allylic oxidation sites excluding steroid dienone is 2. The molecule has 1 aromatic rings. The van der Waals surface area contributed by atoms with Crippen molar-refractivity contribution in [3.8, 4) is 5.75 Å². The minimum absolute atomic E-state index is 0.0396. The lowest BCUT2D eigenvalue weighted by Gasteiger charge is -2.27. The summed E-state index contributed by atoms with van der Waals surface area (Å²) in [5, 5.41) is 0. The normalized spacial score (nSPS) is 14.5. The molecule has 0 bridgehead atoms. The molecule has 0 saturated carbocycles. The molecule has 1 aliphatic heterocycles. The Bertz CT molecular complexity index is 943. The van der Waals surface area contributed by atoms with Crippen molar-refractivity contribution in [3.05, 3.63) is 55.6 Å². The fraction of sp³-hybridized carbons (Fsp3) is 0.622. The summed E-state index contributed by atoms with van der Waals surface area (Å²) in [4.78, 5) is 45.2. The predicted molar refractivity (Wildman–Crippen MR) is 190 cm³/mol. The summed E-state index contributed by atoms with van der Waals surface area (Å²) in [5.74, 6) is 0.436. The fourth-order valence-corrected chi connectivity index (χ4v) is 4.76. The molecule has 1 aliphatic rings. The summed E-state index contributed by atoms with van der Waals surface area (Å²) < 4.78 is 15.5. The maximum Gasteiger partial charge on any atom is 0.328 e. The monoisotopic (exact) mass is 661 g/mol. The van der Waals surface area contributed by atoms with Crippen molar-refractivity contribution < 1.29 is 33.4 Å². The lowest BCUT2D eigenvalue weighted by molar-refractivity contribution is -0.154. The molecular weight excluding hydrogens is 598 g/mol. The van der Waals surface area contributed by atoms with Gasteiger partial charge in [0.1, 0.15) is 11.8 Å². The lowest BCUT2D eigenvalue weighted by Crippen LogP contribution is -2.44. The molecule has 0 aromatic heterocycles. The van der Waals surface area contributed by atoms with Crippen molar-refractivity contribution in [2.24, 2.45) is 11.5 Å². The second-order valence-electron chi connectivity index (χ2n) is 11.1. The van der Waals surface area contributed by atoms with Crippen LogP contribution >= 0.6 is 0 Å². The van der Waals surface area contributed by atoms with Gasteiger partial charge in [-0.3, -0.25) is 14.4 Å². The Kier molecular flexibility index (Phi) is 32.6. The smallest absolute Gasteiger partial charge is 0.328 e. The largest absolute Gasteiger partial charge is 0.494 e. The predicted octanol–water partition coefficient (Wildman–Crippen LogP) is 6.66. The van der Waals surface area contributed by atoms with Crippen LogP contribution in [0, 0.1) is 0 Å². The SMILES string of the molecule is C=CCCCCCCCCC(N)=O.C=CCCCOC.CCOC(=O)C1CCC(C)N1C(=O)CCCCOc1ccccc1.NC=O. The third kappa shape index (κ3) is 27.2. The van der Waals surface area contributed by atoms with E-state index < -0.39 is 6.04 Å². The van der Waals surface area contributed by atoms with Gasteiger partial charge in [-0.2, -0.15) is 0 Å². The Balaban J connectivity index is 0. The molecule has 4 N–H and O–H groups in total. The van der Waals surface area contributed by atoms with Crippen molar-refractivity contribution in [2.45, 2.75) is 122 Å². The molecule has 0 spiro atoms. The van der Waals surface area contributed by atoms with E-state index in [0.29, 0.717) is 32.5 Å². The standard InChI is InChI=1S/C19H27NO4.C11H21NO.C6H12O.CH3NO/c1-3-23-19(22)17-13-12-15(2)20(17)18(21)11-7-8-14-24-16-9-5-4-6-10-16;1-2-3-4-5-6-7-8-9-10-11(12)13;1-3-4-5-6-7-2;2-1-3/h4-6,9-10,15,17H,3,7-8,11-14H2,1-2H3;2H,1,3-10H2,(H2,12,13);3H,1,4-6H2,2H3;1H,(H2,2,3). The minimum Gasteiger partial charge on any atom is -0.494 e. The van der Waals surface area contributed by atoms with Crippen LogP contribution < -0.4 is 16.2 Å². The maximum atomic E-state index is 12.5. The zero-order chi connectivity index (χ0) is 35.5. The molecule has 10 nitrogen and oxygen atoms in total. The molecule has 0 radical (unpaired) electrons. The highest BCUT2D eigenvalue weighted by Gasteiger charge is 2.39. The fourth-order valence-electron chi connectivity index (χ4n) is 4.76. The molecule has 1 heterocycles. The van der Waals surface area contributed by atoms with Crippen LogP contribution in [-0.2, 0) is 28.7 Å². The number of methoxy groups -OCH3 is 1. The summed E-state index contributed by atoms with van der Waals surface area (Å²) in [5.41, 5.74) is 9.19. The molecule has 2 unspecified atom stereocenters. The van der Waals surface area contributed by atoms with Gasteiger partial charge in [0.05, 0.1) is 13.2 Å². The van der Waals surface area contributed by atoms with E-state index in [2.05, 4.69) is 18.9 Å². The minimum atomic E-state index is -0.409. The molecule has 47 heavy (non-hydrogen) atoms. The molecular formula is C37H63N3O7. The Morgan fingerprint density at radius 3 is 2.02 bits per heavy atom. The molecule has 268 valence electrons. The number of primary amides is 2. The van der Waals surface area contributed by atoms with E-state index in [1.807, 2.05) is 49.4 Å². The average Bonchev–Trinajstić information content (AvgIpc) is 3.45. The molecule has 1 aromatic carbocycles. The zero-order valence-electron chi connectivity index (χ0n) is 29.4. The van der Waals surface area contributed by atoms with E-state index in [9.17, 15) is 14.4 Å². The number of carbonyl (C=O) groups excluding carboxylic acids is 4.